The van der Waals surface area contributed by atoms with E-state index >= 15 is 0 Å². The Bertz CT molecular complexity index is 3580. The topological polar surface area (TPSA) is 72.3 Å². The highest BCUT2D eigenvalue weighted by Crippen LogP contribution is 2.43. The van der Waals surface area contributed by atoms with Gasteiger partial charge in [-0.3, -0.25) is 0 Å². The Morgan fingerprint density at radius 1 is 0.460 bits per heavy atom. The highest BCUT2D eigenvalue weighted by atomic mass is 19.4. The van der Waals surface area contributed by atoms with E-state index < -0.39 is 11.7 Å². The third kappa shape index (κ3) is 6.39. The Kier molecular flexibility index (Phi) is 8.77. The number of alkyl halides is 3. The molecule has 0 atom stereocenters. The number of nitrogens with zero attached hydrogens (tertiary/aromatic N) is 6. The van der Waals surface area contributed by atoms with Crippen LogP contribution in [0.2, 0.25) is 0 Å². The number of rotatable bonds is 6. The van der Waals surface area contributed by atoms with Crippen LogP contribution >= 0.6 is 0 Å². The molecule has 11 aromatic rings. The van der Waals surface area contributed by atoms with Gasteiger partial charge in [0.25, 0.3) is 0 Å². The Balaban J connectivity index is 1.25. The number of aryl methyl sites for hydroxylation is 1. The van der Waals surface area contributed by atoms with Crippen LogP contribution in [0.15, 0.2) is 182 Å². The molecule has 8 aromatic carbocycles. The van der Waals surface area contributed by atoms with Crippen LogP contribution in [0, 0.1) is 18.3 Å². The lowest BCUT2D eigenvalue weighted by atomic mass is 9.94. The molecule has 0 unspecified atom stereocenters. The number of benzene rings is 8. The lowest BCUT2D eigenvalue weighted by Crippen LogP contribution is -2.05. The Hall–Kier alpha value is -8.35. The molecule has 0 spiro atoms. The minimum Gasteiger partial charge on any atom is -0.309 e. The molecular formula is C54H33F3N6. The van der Waals surface area contributed by atoms with Crippen LogP contribution in [0.3, 0.4) is 0 Å². The highest BCUT2D eigenvalue weighted by Gasteiger charge is 2.31. The van der Waals surface area contributed by atoms with E-state index in [9.17, 15) is 18.4 Å². The quantitative estimate of drug-likeness (QED) is 0.167. The molecule has 0 bridgehead atoms. The predicted octanol–water partition coefficient (Wildman–Crippen LogP) is 13.9. The van der Waals surface area contributed by atoms with Crippen molar-refractivity contribution in [2.24, 2.45) is 0 Å². The van der Waals surface area contributed by atoms with Crippen LogP contribution in [-0.2, 0) is 6.18 Å². The molecule has 0 saturated carbocycles. The summed E-state index contributed by atoms with van der Waals surface area (Å²) in [4.78, 5) is 15.3. The summed E-state index contributed by atoms with van der Waals surface area (Å²) >= 11 is 0. The summed E-state index contributed by atoms with van der Waals surface area (Å²) in [6, 6.07) is 59.6. The molecule has 3 aromatic heterocycles. The maximum absolute atomic E-state index is 14.2. The van der Waals surface area contributed by atoms with Gasteiger partial charge in [-0.25, -0.2) is 15.0 Å². The van der Waals surface area contributed by atoms with Gasteiger partial charge in [-0.05, 0) is 91.3 Å². The largest absolute Gasteiger partial charge is 0.416 e. The van der Waals surface area contributed by atoms with E-state index in [1.807, 2.05) is 120 Å². The summed E-state index contributed by atoms with van der Waals surface area (Å²) in [6.07, 6.45) is -4.53. The molecule has 9 heteroatoms. The standard InChI is InChI=1S/C54H33F3N6/c1-33-20-25-48-43(28-33)39-16-8-10-18-46(39)62(48)38-23-24-41(53-60-51(35-12-4-2-5-13-35)59-52(61-53)36-14-6-3-7-15-36)42(31-38)44-29-34(32-58)21-26-49(44)63-47-19-11-9-17-40(47)45-30-37(54(55,56)57)22-27-50(45)63/h2-31H,1H3. The van der Waals surface area contributed by atoms with Gasteiger partial charge in [-0.1, -0.05) is 109 Å². The normalized spacial score (nSPS) is 11.8. The number of hydrogen-bond donors (Lipinski definition) is 0. The van der Waals surface area contributed by atoms with E-state index in [0.29, 0.717) is 67.2 Å². The molecular weight excluding hydrogens is 790 g/mol. The summed E-state index contributed by atoms with van der Waals surface area (Å²) in [5.41, 5.74) is 9.34. The van der Waals surface area contributed by atoms with Crippen molar-refractivity contribution in [3.63, 3.8) is 0 Å². The van der Waals surface area contributed by atoms with Gasteiger partial charge in [0.05, 0.1) is 45.0 Å². The minimum atomic E-state index is -4.53. The summed E-state index contributed by atoms with van der Waals surface area (Å²) in [5.74, 6) is 1.38. The second-order valence-electron chi connectivity index (χ2n) is 15.6. The van der Waals surface area contributed by atoms with Gasteiger partial charge in [0.15, 0.2) is 17.5 Å². The van der Waals surface area contributed by atoms with Crippen molar-refractivity contribution in [3.05, 3.63) is 199 Å². The molecule has 0 aliphatic rings. The SMILES string of the molecule is Cc1ccc2c(c1)c1ccccc1n2-c1ccc(-c2nc(-c3ccccc3)nc(-c3ccccc3)n2)c(-c2cc(C#N)ccc2-n2c3ccccc3c3cc(C(F)(F)F)ccc32)c1. The second kappa shape index (κ2) is 14.7. The fraction of sp³-hybridized carbons (Fsp3) is 0.0370. The average Bonchev–Trinajstić information content (AvgIpc) is 3.83. The van der Waals surface area contributed by atoms with Crippen molar-refractivity contribution in [3.8, 4) is 62.7 Å². The second-order valence-corrected chi connectivity index (χ2v) is 15.6. The van der Waals surface area contributed by atoms with Crippen LogP contribution in [0.25, 0.3) is 100 Å². The van der Waals surface area contributed by atoms with E-state index in [4.69, 9.17) is 15.0 Å². The van der Waals surface area contributed by atoms with Crippen molar-refractivity contribution in [1.82, 2.24) is 24.1 Å². The molecule has 3 heterocycles. The van der Waals surface area contributed by atoms with Gasteiger partial charge in [0.1, 0.15) is 0 Å². The maximum atomic E-state index is 14.2. The Labute approximate surface area is 359 Å². The molecule has 0 N–H and O–H groups in total. The molecule has 0 aliphatic carbocycles. The summed E-state index contributed by atoms with van der Waals surface area (Å²) in [6.45, 7) is 2.09. The molecule has 63 heavy (non-hydrogen) atoms. The van der Waals surface area contributed by atoms with Crippen LogP contribution in [0.1, 0.15) is 16.7 Å². The monoisotopic (exact) mass is 822 g/mol. The first-order chi connectivity index (χ1) is 30.7. The number of nitriles is 1. The first-order valence-corrected chi connectivity index (χ1v) is 20.4. The van der Waals surface area contributed by atoms with Crippen LogP contribution in [0.4, 0.5) is 13.2 Å². The van der Waals surface area contributed by atoms with Gasteiger partial charge in [-0.15, -0.1) is 0 Å². The van der Waals surface area contributed by atoms with Gasteiger partial charge < -0.3 is 9.13 Å². The summed E-state index contributed by atoms with van der Waals surface area (Å²) in [5, 5.41) is 13.8. The predicted molar refractivity (Wildman–Crippen MR) is 245 cm³/mol. The van der Waals surface area contributed by atoms with Gasteiger partial charge in [-0.2, -0.15) is 18.4 Å². The molecule has 0 aliphatic heterocycles. The third-order valence-electron chi connectivity index (χ3n) is 11.7. The fourth-order valence-corrected chi connectivity index (χ4v) is 8.81. The average molecular weight is 823 g/mol. The Morgan fingerprint density at radius 3 is 1.67 bits per heavy atom. The number of para-hydroxylation sites is 2. The molecule has 11 rings (SSSR count). The summed E-state index contributed by atoms with van der Waals surface area (Å²) < 4.78 is 46.8. The van der Waals surface area contributed by atoms with E-state index in [-0.39, 0.29) is 0 Å². The van der Waals surface area contributed by atoms with Gasteiger partial charge >= 0.3 is 6.18 Å². The zero-order chi connectivity index (χ0) is 42.8. The first kappa shape index (κ1) is 37.6. The van der Waals surface area contributed by atoms with Crippen LogP contribution in [-0.4, -0.2) is 24.1 Å². The third-order valence-corrected chi connectivity index (χ3v) is 11.7. The molecule has 0 fully saturated rings. The zero-order valence-corrected chi connectivity index (χ0v) is 33.6. The van der Waals surface area contributed by atoms with Crippen molar-refractivity contribution >= 4 is 43.6 Å². The van der Waals surface area contributed by atoms with Crippen molar-refractivity contribution in [1.29, 1.82) is 5.26 Å². The lowest BCUT2D eigenvalue weighted by molar-refractivity contribution is -0.137. The molecule has 0 amide bonds. The van der Waals surface area contributed by atoms with Crippen molar-refractivity contribution in [2.75, 3.05) is 0 Å². The lowest BCUT2D eigenvalue weighted by Gasteiger charge is -2.19. The smallest absolute Gasteiger partial charge is 0.309 e. The van der Waals surface area contributed by atoms with E-state index in [1.54, 1.807) is 6.07 Å². The number of hydrogen-bond acceptors (Lipinski definition) is 4. The fourth-order valence-electron chi connectivity index (χ4n) is 8.81. The molecule has 0 radical (unpaired) electrons. The highest BCUT2D eigenvalue weighted by molar-refractivity contribution is 6.11. The van der Waals surface area contributed by atoms with Crippen molar-refractivity contribution in [2.45, 2.75) is 13.1 Å². The van der Waals surface area contributed by atoms with Crippen LogP contribution < -0.4 is 0 Å². The van der Waals surface area contributed by atoms with Crippen molar-refractivity contribution < 1.29 is 13.2 Å². The van der Waals surface area contributed by atoms with E-state index in [2.05, 4.69) is 60.0 Å². The molecule has 6 nitrogen and oxygen atoms in total. The van der Waals surface area contributed by atoms with Crippen LogP contribution in [0.5, 0.6) is 0 Å². The van der Waals surface area contributed by atoms with E-state index in [1.165, 1.54) is 12.1 Å². The molecule has 300 valence electrons. The maximum Gasteiger partial charge on any atom is 0.416 e. The van der Waals surface area contributed by atoms with E-state index in [0.717, 1.165) is 50.2 Å². The van der Waals surface area contributed by atoms with Gasteiger partial charge in [0, 0.05) is 49.5 Å². The number of aromatic nitrogens is 5. The minimum absolute atomic E-state index is 0.406. The number of fused-ring (bicyclic) bond motifs is 6. The first-order valence-electron chi connectivity index (χ1n) is 20.4. The zero-order valence-electron chi connectivity index (χ0n) is 33.6. The molecule has 0 saturated heterocycles. The number of halogens is 3. The Morgan fingerprint density at radius 2 is 1.02 bits per heavy atom. The van der Waals surface area contributed by atoms with Gasteiger partial charge in [0.2, 0.25) is 0 Å². The summed E-state index contributed by atoms with van der Waals surface area (Å²) in [7, 11) is 0.